The van der Waals surface area contributed by atoms with E-state index in [9.17, 15) is 0 Å². The van der Waals surface area contributed by atoms with E-state index in [1.54, 1.807) is 6.20 Å². The predicted molar refractivity (Wildman–Crippen MR) is 69.9 cm³/mol. The van der Waals surface area contributed by atoms with Crippen molar-refractivity contribution in [2.75, 3.05) is 11.1 Å². The molecule has 0 saturated heterocycles. The van der Waals surface area contributed by atoms with E-state index in [1.807, 2.05) is 24.3 Å². The molecule has 0 amide bonds. The van der Waals surface area contributed by atoms with Crippen LogP contribution in [0, 0.1) is 0 Å². The summed E-state index contributed by atoms with van der Waals surface area (Å²) in [5.74, 6) is 0.760. The summed E-state index contributed by atoms with van der Waals surface area (Å²) >= 11 is 0. The minimum absolute atomic E-state index is 0.540. The molecule has 0 unspecified atom stereocenters. The lowest BCUT2D eigenvalue weighted by molar-refractivity contribution is 0.956. The van der Waals surface area contributed by atoms with Crippen molar-refractivity contribution in [2.24, 2.45) is 0 Å². The topological polar surface area (TPSA) is 92.5 Å². The number of H-pyrrole nitrogens is 1. The number of para-hydroxylation sites is 1. The molecule has 0 fully saturated rings. The van der Waals surface area contributed by atoms with Gasteiger partial charge in [0, 0.05) is 5.39 Å². The van der Waals surface area contributed by atoms with Crippen molar-refractivity contribution in [1.29, 1.82) is 0 Å². The summed E-state index contributed by atoms with van der Waals surface area (Å²) in [7, 11) is 0. The summed E-state index contributed by atoms with van der Waals surface area (Å²) in [5, 5.41) is 10.9. The summed E-state index contributed by atoms with van der Waals surface area (Å²) in [6, 6.07) is 7.85. The number of nitrogen functional groups attached to an aromatic ring is 1. The first-order chi connectivity index (χ1) is 8.84. The van der Waals surface area contributed by atoms with Gasteiger partial charge in [-0.05, 0) is 6.07 Å². The molecule has 3 rings (SSSR count). The fraction of sp³-hybridized carbons (Fsp3) is 0.0833. The molecule has 4 N–H and O–H groups in total. The molecule has 3 aromatic rings. The Kier molecular flexibility index (Phi) is 2.53. The van der Waals surface area contributed by atoms with E-state index in [2.05, 4.69) is 25.5 Å². The van der Waals surface area contributed by atoms with Gasteiger partial charge in [-0.15, -0.1) is 0 Å². The molecule has 0 spiro atoms. The second-order valence-electron chi connectivity index (χ2n) is 3.89. The number of hydrogen-bond acceptors (Lipinski definition) is 5. The number of nitrogens with zero attached hydrogens (tertiary/aromatic N) is 3. The Morgan fingerprint density at radius 1 is 1.22 bits per heavy atom. The zero-order valence-corrected chi connectivity index (χ0v) is 9.59. The summed E-state index contributed by atoms with van der Waals surface area (Å²) in [6.07, 6.45) is 3.13. The monoisotopic (exact) mass is 240 g/mol. The number of benzene rings is 1. The van der Waals surface area contributed by atoms with Crippen LogP contribution in [0.2, 0.25) is 0 Å². The van der Waals surface area contributed by atoms with Crippen molar-refractivity contribution in [1.82, 2.24) is 20.2 Å². The van der Waals surface area contributed by atoms with Crippen molar-refractivity contribution in [3.05, 3.63) is 42.6 Å². The Hall–Kier alpha value is -2.63. The third kappa shape index (κ3) is 1.84. The van der Waals surface area contributed by atoms with E-state index in [0.717, 1.165) is 22.4 Å². The minimum atomic E-state index is 0.540. The number of fused-ring (bicyclic) bond motifs is 1. The first-order valence-corrected chi connectivity index (χ1v) is 5.56. The van der Waals surface area contributed by atoms with E-state index >= 15 is 0 Å². The maximum absolute atomic E-state index is 5.95. The molecule has 2 aromatic heterocycles. The summed E-state index contributed by atoms with van der Waals surface area (Å²) in [4.78, 5) is 8.34. The molecule has 0 radical (unpaired) electrons. The molecule has 2 heterocycles. The summed E-state index contributed by atoms with van der Waals surface area (Å²) in [6.45, 7) is 0.540. The average molecular weight is 240 g/mol. The summed E-state index contributed by atoms with van der Waals surface area (Å²) < 4.78 is 0. The maximum Gasteiger partial charge on any atom is 0.143 e. The van der Waals surface area contributed by atoms with E-state index < -0.39 is 0 Å². The maximum atomic E-state index is 5.95. The average Bonchev–Trinajstić information content (AvgIpc) is 2.91. The van der Waals surface area contributed by atoms with Gasteiger partial charge in [-0.2, -0.15) is 5.10 Å². The first-order valence-electron chi connectivity index (χ1n) is 5.56. The number of rotatable bonds is 3. The van der Waals surface area contributed by atoms with Gasteiger partial charge in [-0.25, -0.2) is 4.98 Å². The highest BCUT2D eigenvalue weighted by Crippen LogP contribution is 2.27. The highest BCUT2D eigenvalue weighted by atomic mass is 15.2. The predicted octanol–water partition coefficient (Wildman–Crippen LogP) is 1.55. The zero-order chi connectivity index (χ0) is 12.4. The Morgan fingerprint density at radius 3 is 2.94 bits per heavy atom. The van der Waals surface area contributed by atoms with Crippen LogP contribution in [0.15, 0.2) is 36.8 Å². The fourth-order valence-electron chi connectivity index (χ4n) is 1.84. The van der Waals surface area contributed by atoms with Gasteiger partial charge in [0.1, 0.15) is 12.2 Å². The van der Waals surface area contributed by atoms with Crippen LogP contribution in [0.1, 0.15) is 5.82 Å². The van der Waals surface area contributed by atoms with Crippen LogP contribution < -0.4 is 11.1 Å². The molecule has 90 valence electrons. The number of aromatic amines is 1. The fourth-order valence-corrected chi connectivity index (χ4v) is 1.84. The molecule has 0 aliphatic heterocycles. The highest BCUT2D eigenvalue weighted by molar-refractivity contribution is 5.96. The number of aromatic nitrogens is 4. The quantitative estimate of drug-likeness (QED) is 0.646. The molecule has 18 heavy (non-hydrogen) atoms. The number of nitrogens with one attached hydrogen (secondary N) is 2. The smallest absolute Gasteiger partial charge is 0.143 e. The van der Waals surface area contributed by atoms with Crippen molar-refractivity contribution < 1.29 is 0 Å². The van der Waals surface area contributed by atoms with Gasteiger partial charge in [0.15, 0.2) is 0 Å². The molecule has 0 bridgehead atoms. The Bertz CT molecular complexity index is 661. The molecule has 0 saturated carbocycles. The van der Waals surface area contributed by atoms with Crippen LogP contribution in [0.3, 0.4) is 0 Å². The number of nitrogens with two attached hydrogens (primary N) is 1. The number of pyridine rings is 1. The standard InChI is InChI=1S/C12H12N6/c13-9-5-14-10-4-2-1-3-8(10)12(9)15-6-11-16-7-17-18-11/h1-5,7H,6,13H2,(H,14,15)(H,16,17,18). The van der Waals surface area contributed by atoms with Crippen LogP contribution in [0.25, 0.3) is 10.9 Å². The normalized spacial score (nSPS) is 10.7. The molecule has 6 nitrogen and oxygen atoms in total. The van der Waals surface area contributed by atoms with Crippen LogP contribution in [0.4, 0.5) is 11.4 Å². The largest absolute Gasteiger partial charge is 0.396 e. The molecule has 1 aromatic carbocycles. The lowest BCUT2D eigenvalue weighted by Crippen LogP contribution is -2.05. The van der Waals surface area contributed by atoms with Crippen LogP contribution in [-0.2, 0) is 6.54 Å². The van der Waals surface area contributed by atoms with E-state index in [1.165, 1.54) is 6.33 Å². The first kappa shape index (κ1) is 10.5. The third-order valence-electron chi connectivity index (χ3n) is 2.70. The minimum Gasteiger partial charge on any atom is -0.396 e. The van der Waals surface area contributed by atoms with Crippen LogP contribution in [-0.4, -0.2) is 20.2 Å². The second-order valence-corrected chi connectivity index (χ2v) is 3.89. The highest BCUT2D eigenvalue weighted by Gasteiger charge is 2.06. The van der Waals surface area contributed by atoms with Crippen molar-refractivity contribution in [3.8, 4) is 0 Å². The number of hydrogen-bond donors (Lipinski definition) is 3. The molecule has 0 aliphatic rings. The zero-order valence-electron chi connectivity index (χ0n) is 9.59. The van der Waals surface area contributed by atoms with Gasteiger partial charge >= 0.3 is 0 Å². The lowest BCUT2D eigenvalue weighted by Gasteiger charge is -2.10. The van der Waals surface area contributed by atoms with E-state index in [4.69, 9.17) is 5.73 Å². The molecular weight excluding hydrogens is 228 g/mol. The van der Waals surface area contributed by atoms with E-state index in [-0.39, 0.29) is 0 Å². The lowest BCUT2D eigenvalue weighted by atomic mass is 10.1. The van der Waals surface area contributed by atoms with Gasteiger partial charge in [0.25, 0.3) is 0 Å². The summed E-state index contributed by atoms with van der Waals surface area (Å²) in [5.41, 5.74) is 8.35. The van der Waals surface area contributed by atoms with Crippen LogP contribution in [0.5, 0.6) is 0 Å². The third-order valence-corrected chi connectivity index (χ3v) is 2.70. The Labute approximate surface area is 103 Å². The molecule has 0 aliphatic carbocycles. The molecule has 0 atom stereocenters. The molecule has 6 heteroatoms. The Morgan fingerprint density at radius 2 is 2.11 bits per heavy atom. The SMILES string of the molecule is Nc1cnc2ccccc2c1NCc1ncn[nH]1. The van der Waals surface area contributed by atoms with Crippen molar-refractivity contribution >= 4 is 22.3 Å². The number of anilines is 2. The van der Waals surface area contributed by atoms with Crippen molar-refractivity contribution in [2.45, 2.75) is 6.54 Å². The van der Waals surface area contributed by atoms with Gasteiger partial charge in [-0.3, -0.25) is 10.1 Å². The van der Waals surface area contributed by atoms with Gasteiger partial charge in [-0.1, -0.05) is 18.2 Å². The van der Waals surface area contributed by atoms with Gasteiger partial charge in [0.2, 0.25) is 0 Å². The van der Waals surface area contributed by atoms with Crippen LogP contribution >= 0.6 is 0 Å². The van der Waals surface area contributed by atoms with E-state index in [0.29, 0.717) is 12.2 Å². The second kappa shape index (κ2) is 4.33. The van der Waals surface area contributed by atoms with Gasteiger partial charge < -0.3 is 11.1 Å². The van der Waals surface area contributed by atoms with Crippen molar-refractivity contribution in [3.63, 3.8) is 0 Å². The molecular formula is C12H12N6. The van der Waals surface area contributed by atoms with Gasteiger partial charge in [0.05, 0.1) is 29.6 Å². The Balaban J connectivity index is 1.97.